The molecule has 1 aromatic carbocycles. The predicted octanol–water partition coefficient (Wildman–Crippen LogP) is 3.52. The van der Waals surface area contributed by atoms with Gasteiger partial charge in [0.25, 0.3) is 5.69 Å². The van der Waals surface area contributed by atoms with Crippen LogP contribution in [0.25, 0.3) is 11.1 Å². The lowest BCUT2D eigenvalue weighted by atomic mass is 9.98. The Morgan fingerprint density at radius 1 is 1.25 bits per heavy atom. The van der Waals surface area contributed by atoms with E-state index in [2.05, 4.69) is 14.9 Å². The third kappa shape index (κ3) is 2.68. The van der Waals surface area contributed by atoms with Gasteiger partial charge in [-0.3, -0.25) is 10.1 Å². The first-order chi connectivity index (χ1) is 11.7. The van der Waals surface area contributed by atoms with E-state index in [9.17, 15) is 10.1 Å². The molecular weight excluding hydrogens is 308 g/mol. The van der Waals surface area contributed by atoms with Crippen molar-refractivity contribution in [3.8, 4) is 0 Å². The summed E-state index contributed by atoms with van der Waals surface area (Å²) >= 11 is 0. The standard InChI is InChI=1S/C17H16N4O3/c22-21(23)13-7-8-16(18-10-13)20-9-3-4-12(11-20)17-19-14-5-1-2-6-15(14)24-17/h1-2,5-8,10,12H,3-4,9,11H2. The zero-order valence-electron chi connectivity index (χ0n) is 13.0. The van der Waals surface area contributed by atoms with Crippen molar-refractivity contribution in [2.45, 2.75) is 18.8 Å². The molecule has 2 aromatic heterocycles. The first-order valence-corrected chi connectivity index (χ1v) is 7.91. The summed E-state index contributed by atoms with van der Waals surface area (Å²) in [5.41, 5.74) is 1.68. The van der Waals surface area contributed by atoms with E-state index < -0.39 is 4.92 Å². The van der Waals surface area contributed by atoms with Crippen LogP contribution in [0.5, 0.6) is 0 Å². The molecule has 4 rings (SSSR count). The highest BCUT2D eigenvalue weighted by atomic mass is 16.6. The average molecular weight is 324 g/mol. The molecule has 3 heterocycles. The molecular formula is C17H16N4O3. The van der Waals surface area contributed by atoms with E-state index >= 15 is 0 Å². The van der Waals surface area contributed by atoms with Crippen LogP contribution in [-0.2, 0) is 0 Å². The predicted molar refractivity (Wildman–Crippen MR) is 89.1 cm³/mol. The van der Waals surface area contributed by atoms with Gasteiger partial charge >= 0.3 is 0 Å². The highest BCUT2D eigenvalue weighted by Gasteiger charge is 2.26. The third-order valence-electron chi connectivity index (χ3n) is 4.35. The number of nitrogens with zero attached hydrogens (tertiary/aromatic N) is 4. The minimum Gasteiger partial charge on any atom is -0.440 e. The van der Waals surface area contributed by atoms with Crippen molar-refractivity contribution in [3.05, 3.63) is 58.6 Å². The lowest BCUT2D eigenvalue weighted by Crippen LogP contribution is -2.35. The van der Waals surface area contributed by atoms with Crippen molar-refractivity contribution in [1.82, 2.24) is 9.97 Å². The molecule has 0 N–H and O–H groups in total. The maximum absolute atomic E-state index is 10.7. The van der Waals surface area contributed by atoms with Gasteiger partial charge in [0.15, 0.2) is 11.5 Å². The molecule has 0 spiro atoms. The maximum atomic E-state index is 10.7. The number of hydrogen-bond donors (Lipinski definition) is 0. The topological polar surface area (TPSA) is 85.3 Å². The van der Waals surface area contributed by atoms with Gasteiger partial charge in [-0.05, 0) is 31.0 Å². The number of pyridine rings is 1. The molecule has 0 aliphatic carbocycles. The zero-order chi connectivity index (χ0) is 16.5. The molecule has 0 saturated carbocycles. The van der Waals surface area contributed by atoms with Crippen LogP contribution in [-0.4, -0.2) is 28.0 Å². The molecule has 0 amide bonds. The summed E-state index contributed by atoms with van der Waals surface area (Å²) < 4.78 is 5.89. The SMILES string of the molecule is O=[N+]([O-])c1ccc(N2CCCC(c3nc4ccccc4o3)C2)nc1. The van der Waals surface area contributed by atoms with Gasteiger partial charge < -0.3 is 9.32 Å². The smallest absolute Gasteiger partial charge is 0.287 e. The molecule has 1 aliphatic heterocycles. The van der Waals surface area contributed by atoms with E-state index in [0.717, 1.165) is 48.7 Å². The van der Waals surface area contributed by atoms with Gasteiger partial charge in [0.1, 0.15) is 17.5 Å². The van der Waals surface area contributed by atoms with Crippen molar-refractivity contribution in [1.29, 1.82) is 0 Å². The number of anilines is 1. The number of para-hydroxylation sites is 2. The van der Waals surface area contributed by atoms with E-state index in [0.29, 0.717) is 0 Å². The number of nitro groups is 1. The number of rotatable bonds is 3. The molecule has 24 heavy (non-hydrogen) atoms. The normalized spacial score (nSPS) is 18.0. The van der Waals surface area contributed by atoms with E-state index in [4.69, 9.17) is 4.42 Å². The van der Waals surface area contributed by atoms with Crippen LogP contribution in [0.4, 0.5) is 11.5 Å². The Balaban J connectivity index is 1.55. The fourth-order valence-corrected chi connectivity index (χ4v) is 3.12. The summed E-state index contributed by atoms with van der Waals surface area (Å²) in [6.45, 7) is 1.62. The molecule has 122 valence electrons. The summed E-state index contributed by atoms with van der Waals surface area (Å²) in [5, 5.41) is 10.7. The molecule has 3 aromatic rings. The Kier molecular flexibility index (Phi) is 3.60. The van der Waals surface area contributed by atoms with Crippen molar-refractivity contribution in [2.75, 3.05) is 18.0 Å². The Morgan fingerprint density at radius 3 is 2.88 bits per heavy atom. The molecule has 1 fully saturated rings. The van der Waals surface area contributed by atoms with Crippen LogP contribution in [0.15, 0.2) is 47.0 Å². The minimum absolute atomic E-state index is 0.00580. The Hall–Kier alpha value is -2.96. The monoisotopic (exact) mass is 324 g/mol. The fourth-order valence-electron chi connectivity index (χ4n) is 3.12. The first-order valence-electron chi connectivity index (χ1n) is 7.91. The number of benzene rings is 1. The second kappa shape index (κ2) is 5.92. The fraction of sp³-hybridized carbons (Fsp3) is 0.294. The molecule has 7 heteroatoms. The van der Waals surface area contributed by atoms with E-state index in [-0.39, 0.29) is 11.6 Å². The molecule has 7 nitrogen and oxygen atoms in total. The molecule has 1 unspecified atom stereocenters. The van der Waals surface area contributed by atoms with Gasteiger partial charge in [0.05, 0.1) is 10.8 Å². The van der Waals surface area contributed by atoms with Crippen molar-refractivity contribution in [2.24, 2.45) is 0 Å². The molecule has 0 radical (unpaired) electrons. The quantitative estimate of drug-likeness (QED) is 0.541. The lowest BCUT2D eigenvalue weighted by Gasteiger charge is -2.32. The van der Waals surface area contributed by atoms with Crippen LogP contribution in [0.3, 0.4) is 0 Å². The van der Waals surface area contributed by atoms with Gasteiger partial charge in [0.2, 0.25) is 0 Å². The zero-order valence-corrected chi connectivity index (χ0v) is 13.0. The van der Waals surface area contributed by atoms with E-state index in [1.54, 1.807) is 6.07 Å². The van der Waals surface area contributed by atoms with Crippen LogP contribution in [0.2, 0.25) is 0 Å². The van der Waals surface area contributed by atoms with Crippen molar-refractivity contribution < 1.29 is 9.34 Å². The van der Waals surface area contributed by atoms with Gasteiger partial charge in [-0.15, -0.1) is 0 Å². The summed E-state index contributed by atoms with van der Waals surface area (Å²) in [4.78, 5) is 21.3. The number of aromatic nitrogens is 2. The Labute approximate surface area is 138 Å². The second-order valence-electron chi connectivity index (χ2n) is 5.94. The van der Waals surface area contributed by atoms with Gasteiger partial charge in [-0.25, -0.2) is 9.97 Å². The Morgan fingerprint density at radius 2 is 2.12 bits per heavy atom. The summed E-state index contributed by atoms with van der Waals surface area (Å²) in [6.07, 6.45) is 3.32. The van der Waals surface area contributed by atoms with Crippen LogP contribution >= 0.6 is 0 Å². The largest absolute Gasteiger partial charge is 0.440 e. The highest BCUT2D eigenvalue weighted by Crippen LogP contribution is 2.31. The second-order valence-corrected chi connectivity index (χ2v) is 5.94. The number of piperidine rings is 1. The summed E-state index contributed by atoms with van der Waals surface area (Å²) in [7, 11) is 0. The van der Waals surface area contributed by atoms with Crippen molar-refractivity contribution >= 4 is 22.6 Å². The Bertz CT molecular complexity index is 842. The first kappa shape index (κ1) is 14.6. The average Bonchev–Trinajstić information content (AvgIpc) is 3.06. The third-order valence-corrected chi connectivity index (χ3v) is 4.35. The highest BCUT2D eigenvalue weighted by molar-refractivity contribution is 5.72. The molecule has 1 aliphatic rings. The molecule has 1 atom stereocenters. The van der Waals surface area contributed by atoms with Crippen LogP contribution in [0.1, 0.15) is 24.7 Å². The number of fused-ring (bicyclic) bond motifs is 1. The maximum Gasteiger partial charge on any atom is 0.287 e. The van der Waals surface area contributed by atoms with Crippen LogP contribution < -0.4 is 4.90 Å². The van der Waals surface area contributed by atoms with Crippen LogP contribution in [0, 0.1) is 10.1 Å². The molecule has 1 saturated heterocycles. The number of oxazole rings is 1. The van der Waals surface area contributed by atoms with E-state index in [1.807, 2.05) is 24.3 Å². The summed E-state index contributed by atoms with van der Waals surface area (Å²) in [6, 6.07) is 10.9. The lowest BCUT2D eigenvalue weighted by molar-refractivity contribution is -0.385. The van der Waals surface area contributed by atoms with Gasteiger partial charge in [-0.2, -0.15) is 0 Å². The minimum atomic E-state index is -0.436. The molecule has 0 bridgehead atoms. The summed E-state index contributed by atoms with van der Waals surface area (Å²) in [5.74, 6) is 1.70. The number of hydrogen-bond acceptors (Lipinski definition) is 6. The van der Waals surface area contributed by atoms with Gasteiger partial charge in [-0.1, -0.05) is 12.1 Å². The van der Waals surface area contributed by atoms with Crippen molar-refractivity contribution in [3.63, 3.8) is 0 Å². The van der Waals surface area contributed by atoms with Gasteiger partial charge in [0, 0.05) is 19.2 Å². The van der Waals surface area contributed by atoms with E-state index in [1.165, 1.54) is 12.3 Å².